The smallest absolute Gasteiger partial charge is 0.223 e. The zero-order valence-corrected chi connectivity index (χ0v) is 26.3. The first-order chi connectivity index (χ1) is 20.6. The second-order valence-corrected chi connectivity index (χ2v) is 11.7. The summed E-state index contributed by atoms with van der Waals surface area (Å²) in [6.07, 6.45) is 3.09. The zero-order chi connectivity index (χ0) is 31.1. The Morgan fingerprint density at radius 3 is 1.77 bits per heavy atom. The first-order valence-corrected chi connectivity index (χ1v) is 15.4. The molecule has 1 heterocycles. The number of ether oxygens (including phenoxy) is 1. The molecule has 4 aromatic rings. The highest BCUT2D eigenvalue weighted by molar-refractivity contribution is 5.73. The zero-order valence-electron chi connectivity index (χ0n) is 26.3. The molecule has 0 amide bonds. The van der Waals surface area contributed by atoms with Crippen LogP contribution in [-0.4, -0.2) is 42.7 Å². The SMILES string of the molecule is CCCCC(CC)CCC(O)C(O)Oc1cccc(-c2nc(-c3ccc(C)cc3C)nc(-c3ccc(C)cc3C)n2)c1O. The van der Waals surface area contributed by atoms with Crippen molar-refractivity contribution in [3.8, 4) is 45.7 Å². The molecule has 0 spiro atoms. The highest BCUT2D eigenvalue weighted by Crippen LogP contribution is 2.38. The van der Waals surface area contributed by atoms with Crippen molar-refractivity contribution in [2.45, 2.75) is 92.5 Å². The summed E-state index contributed by atoms with van der Waals surface area (Å²) in [6, 6.07) is 17.2. The van der Waals surface area contributed by atoms with Gasteiger partial charge in [-0.25, -0.2) is 15.0 Å². The fraction of sp³-hybridized carbons (Fsp3) is 0.417. The topological polar surface area (TPSA) is 109 Å². The maximum Gasteiger partial charge on any atom is 0.223 e. The number of nitrogens with zero attached hydrogens (tertiary/aromatic N) is 3. The first-order valence-electron chi connectivity index (χ1n) is 15.4. The van der Waals surface area contributed by atoms with Crippen LogP contribution < -0.4 is 4.74 Å². The van der Waals surface area contributed by atoms with Crippen molar-refractivity contribution in [3.05, 3.63) is 76.9 Å². The van der Waals surface area contributed by atoms with Crippen molar-refractivity contribution in [2.24, 2.45) is 5.92 Å². The number of aliphatic hydroxyl groups excluding tert-OH is 2. The monoisotopic (exact) mass is 583 g/mol. The van der Waals surface area contributed by atoms with Gasteiger partial charge in [0, 0.05) is 11.1 Å². The molecule has 0 bridgehead atoms. The van der Waals surface area contributed by atoms with Gasteiger partial charge in [-0.05, 0) is 69.7 Å². The number of unbranched alkanes of at least 4 members (excludes halogenated alkanes) is 1. The average molecular weight is 584 g/mol. The Labute approximate surface area is 255 Å². The van der Waals surface area contributed by atoms with Gasteiger partial charge < -0.3 is 20.1 Å². The second-order valence-electron chi connectivity index (χ2n) is 11.7. The maximum absolute atomic E-state index is 11.3. The highest BCUT2D eigenvalue weighted by Gasteiger charge is 2.23. The summed E-state index contributed by atoms with van der Waals surface area (Å²) in [7, 11) is 0. The molecule has 0 aliphatic heterocycles. The summed E-state index contributed by atoms with van der Waals surface area (Å²) in [5, 5.41) is 32.7. The van der Waals surface area contributed by atoms with Gasteiger partial charge in [-0.3, -0.25) is 0 Å². The summed E-state index contributed by atoms with van der Waals surface area (Å²) in [6.45, 7) is 12.5. The second kappa shape index (κ2) is 14.6. The van der Waals surface area contributed by atoms with Crippen molar-refractivity contribution >= 4 is 0 Å². The molecule has 228 valence electrons. The number of para-hydroxylation sites is 1. The Morgan fingerprint density at radius 2 is 1.26 bits per heavy atom. The van der Waals surface area contributed by atoms with E-state index in [1.807, 2.05) is 52.0 Å². The van der Waals surface area contributed by atoms with Crippen molar-refractivity contribution in [1.82, 2.24) is 15.0 Å². The van der Waals surface area contributed by atoms with Gasteiger partial charge in [-0.1, -0.05) is 93.1 Å². The van der Waals surface area contributed by atoms with Crippen molar-refractivity contribution in [3.63, 3.8) is 0 Å². The lowest BCUT2D eigenvalue weighted by Crippen LogP contribution is -2.31. The van der Waals surface area contributed by atoms with Crippen molar-refractivity contribution < 1.29 is 20.1 Å². The molecule has 3 unspecified atom stereocenters. The van der Waals surface area contributed by atoms with E-state index in [0.717, 1.165) is 65.5 Å². The van der Waals surface area contributed by atoms with Gasteiger partial charge in [0.2, 0.25) is 6.29 Å². The largest absolute Gasteiger partial charge is 0.504 e. The summed E-state index contributed by atoms with van der Waals surface area (Å²) < 4.78 is 5.69. The van der Waals surface area contributed by atoms with Crippen LogP contribution in [0.3, 0.4) is 0 Å². The minimum absolute atomic E-state index is 0.0450. The van der Waals surface area contributed by atoms with E-state index in [1.165, 1.54) is 0 Å². The van der Waals surface area contributed by atoms with Gasteiger partial charge in [0.15, 0.2) is 29.0 Å². The number of aromatic hydroxyl groups is 1. The third kappa shape index (κ3) is 7.98. The molecular formula is C36H45N3O4. The number of aromatic nitrogens is 3. The van der Waals surface area contributed by atoms with Gasteiger partial charge >= 0.3 is 0 Å². The third-order valence-corrected chi connectivity index (χ3v) is 8.11. The van der Waals surface area contributed by atoms with Gasteiger partial charge in [-0.2, -0.15) is 0 Å². The number of phenolic OH excluding ortho intramolecular Hbond substituents is 1. The van der Waals surface area contributed by atoms with E-state index in [0.29, 0.717) is 29.6 Å². The molecule has 43 heavy (non-hydrogen) atoms. The van der Waals surface area contributed by atoms with Crippen LogP contribution >= 0.6 is 0 Å². The van der Waals surface area contributed by atoms with Crippen molar-refractivity contribution in [1.29, 1.82) is 0 Å². The van der Waals surface area contributed by atoms with Crippen LogP contribution in [0.5, 0.6) is 11.5 Å². The Hall–Kier alpha value is -3.81. The molecule has 0 aliphatic rings. The number of phenols is 1. The molecule has 0 fully saturated rings. The van der Waals surface area contributed by atoms with Gasteiger partial charge in [0.25, 0.3) is 0 Å². The summed E-state index contributed by atoms with van der Waals surface area (Å²) in [5.74, 6) is 1.59. The van der Waals surface area contributed by atoms with E-state index >= 15 is 0 Å². The molecule has 0 saturated heterocycles. The van der Waals surface area contributed by atoms with Crippen LogP contribution in [0.1, 0.15) is 74.6 Å². The first kappa shape index (κ1) is 32.1. The van der Waals surface area contributed by atoms with E-state index in [9.17, 15) is 15.3 Å². The fourth-order valence-electron chi connectivity index (χ4n) is 5.47. The van der Waals surface area contributed by atoms with Crippen LogP contribution in [0.25, 0.3) is 34.2 Å². The van der Waals surface area contributed by atoms with Crippen LogP contribution in [0, 0.1) is 33.6 Å². The fourth-order valence-corrected chi connectivity index (χ4v) is 5.47. The molecule has 3 aromatic carbocycles. The Morgan fingerprint density at radius 1 is 0.698 bits per heavy atom. The Kier molecular flexibility index (Phi) is 10.9. The number of aryl methyl sites for hydroxylation is 4. The molecule has 7 nitrogen and oxygen atoms in total. The number of rotatable bonds is 13. The Balaban J connectivity index is 1.68. The maximum atomic E-state index is 11.3. The number of benzene rings is 3. The standard InChI is InChI=1S/C36H45N3O4/c1-7-9-11-26(8-2)16-19-30(40)36(42)43-31-13-10-12-29(32(31)41)35-38-33(27-17-14-22(3)20-24(27)5)37-34(39-35)28-18-15-23(4)21-25(28)6/h10,12-15,17-18,20-21,26,30,36,40-42H,7-9,11,16,19H2,1-6H3. The number of aliphatic hydroxyl groups is 2. The quantitative estimate of drug-likeness (QED) is 0.137. The van der Waals surface area contributed by atoms with E-state index in [-0.39, 0.29) is 17.3 Å². The van der Waals surface area contributed by atoms with E-state index < -0.39 is 12.4 Å². The summed E-state index contributed by atoms with van der Waals surface area (Å²) in [4.78, 5) is 14.4. The van der Waals surface area contributed by atoms with Gasteiger partial charge in [0.1, 0.15) is 6.10 Å². The van der Waals surface area contributed by atoms with E-state index in [1.54, 1.807) is 18.2 Å². The third-order valence-electron chi connectivity index (χ3n) is 8.11. The number of hydrogen-bond donors (Lipinski definition) is 3. The van der Waals surface area contributed by atoms with Gasteiger partial charge in [-0.15, -0.1) is 0 Å². The molecule has 0 radical (unpaired) electrons. The summed E-state index contributed by atoms with van der Waals surface area (Å²) >= 11 is 0. The van der Waals surface area contributed by atoms with E-state index in [2.05, 4.69) is 26.0 Å². The highest BCUT2D eigenvalue weighted by atomic mass is 16.6. The van der Waals surface area contributed by atoms with Crippen LogP contribution in [0.4, 0.5) is 0 Å². The average Bonchev–Trinajstić information content (AvgIpc) is 2.98. The predicted octanol–water partition coefficient (Wildman–Crippen LogP) is 7.87. The number of hydrogen-bond acceptors (Lipinski definition) is 7. The Bertz CT molecular complexity index is 1470. The molecule has 0 saturated carbocycles. The minimum Gasteiger partial charge on any atom is -0.504 e. The molecule has 4 rings (SSSR count). The molecule has 0 aliphatic carbocycles. The summed E-state index contributed by atoms with van der Waals surface area (Å²) in [5.41, 5.74) is 6.41. The lowest BCUT2D eigenvalue weighted by atomic mass is 9.93. The lowest BCUT2D eigenvalue weighted by molar-refractivity contribution is -0.108. The van der Waals surface area contributed by atoms with E-state index in [4.69, 9.17) is 19.7 Å². The van der Waals surface area contributed by atoms with Crippen LogP contribution in [0.2, 0.25) is 0 Å². The molecule has 7 heteroatoms. The molecule has 3 N–H and O–H groups in total. The minimum atomic E-state index is -1.49. The molecule has 1 aromatic heterocycles. The van der Waals surface area contributed by atoms with Crippen LogP contribution in [-0.2, 0) is 0 Å². The predicted molar refractivity (Wildman–Crippen MR) is 172 cm³/mol. The van der Waals surface area contributed by atoms with Gasteiger partial charge in [0.05, 0.1) is 5.56 Å². The van der Waals surface area contributed by atoms with Crippen LogP contribution in [0.15, 0.2) is 54.6 Å². The van der Waals surface area contributed by atoms with Crippen molar-refractivity contribution in [2.75, 3.05) is 0 Å². The molecular weight excluding hydrogens is 538 g/mol. The molecule has 3 atom stereocenters. The lowest BCUT2D eigenvalue weighted by Gasteiger charge is -2.22. The normalized spacial score (nSPS) is 13.5.